The molecule has 0 radical (unpaired) electrons. The first-order valence-electron chi connectivity index (χ1n) is 13.1. The zero-order chi connectivity index (χ0) is 25.6. The van der Waals surface area contributed by atoms with Crippen LogP contribution in [0, 0.1) is 6.92 Å². The predicted octanol–water partition coefficient (Wildman–Crippen LogP) is 4.34. The van der Waals surface area contributed by atoms with Crippen molar-refractivity contribution in [2.45, 2.75) is 49.5 Å². The van der Waals surface area contributed by atoms with Crippen LogP contribution >= 0.6 is 0 Å². The lowest BCUT2D eigenvalue weighted by molar-refractivity contribution is 0.00729. The molecule has 6 rings (SSSR count). The smallest absolute Gasteiger partial charge is 0.269 e. The zero-order valence-electron chi connectivity index (χ0n) is 21.4. The Hall–Kier alpha value is -3.01. The van der Waals surface area contributed by atoms with Gasteiger partial charge in [-0.3, -0.25) is 9.58 Å². The normalized spacial score (nSPS) is 21.5. The summed E-state index contributed by atoms with van der Waals surface area (Å²) in [5.74, 6) is 0.422. The maximum Gasteiger partial charge on any atom is 0.269 e. The van der Waals surface area contributed by atoms with Gasteiger partial charge in [0.25, 0.3) is 10.0 Å². The maximum absolute atomic E-state index is 13.6. The molecular weight excluding hydrogens is 486 g/mol. The Balaban J connectivity index is 1.39. The molecule has 0 N–H and O–H groups in total. The number of aromatic nitrogens is 4. The molecule has 1 aliphatic carbocycles. The van der Waals surface area contributed by atoms with Crippen LogP contribution in [0.2, 0.25) is 0 Å². The average molecular weight is 520 g/mol. The van der Waals surface area contributed by atoms with Crippen molar-refractivity contribution in [2.24, 2.45) is 7.05 Å². The van der Waals surface area contributed by atoms with E-state index in [1.807, 2.05) is 32.4 Å². The van der Waals surface area contributed by atoms with Crippen LogP contribution < -0.4 is 0 Å². The topological polar surface area (TPSA) is 82.2 Å². The van der Waals surface area contributed by atoms with Crippen molar-refractivity contribution in [3.8, 4) is 11.1 Å². The van der Waals surface area contributed by atoms with E-state index in [2.05, 4.69) is 16.1 Å². The average Bonchev–Trinajstić information content (AvgIpc) is 3.48. The van der Waals surface area contributed by atoms with E-state index < -0.39 is 10.0 Å². The first-order valence-corrected chi connectivity index (χ1v) is 14.5. The van der Waals surface area contributed by atoms with E-state index in [4.69, 9.17) is 9.72 Å². The van der Waals surface area contributed by atoms with E-state index in [1.165, 1.54) is 22.4 Å². The molecule has 4 heterocycles. The first-order chi connectivity index (χ1) is 17.9. The Bertz CT molecular complexity index is 1510. The molecule has 37 heavy (non-hydrogen) atoms. The number of morpholine rings is 1. The molecule has 194 valence electrons. The van der Waals surface area contributed by atoms with E-state index in [-0.39, 0.29) is 4.90 Å². The first kappa shape index (κ1) is 24.3. The fourth-order valence-electron chi connectivity index (χ4n) is 6.00. The second-order valence-corrected chi connectivity index (χ2v) is 12.1. The Morgan fingerprint density at radius 1 is 0.973 bits per heavy atom. The minimum atomic E-state index is -3.81. The summed E-state index contributed by atoms with van der Waals surface area (Å²) in [4.78, 5) is 7.60. The van der Waals surface area contributed by atoms with Crippen molar-refractivity contribution in [1.29, 1.82) is 0 Å². The Morgan fingerprint density at radius 2 is 1.70 bits per heavy atom. The summed E-state index contributed by atoms with van der Waals surface area (Å²) >= 11 is 0. The van der Waals surface area contributed by atoms with Crippen LogP contribution in [0.25, 0.3) is 22.2 Å². The van der Waals surface area contributed by atoms with Crippen molar-refractivity contribution in [3.63, 3.8) is 0 Å². The highest BCUT2D eigenvalue weighted by atomic mass is 32.2. The molecule has 1 aliphatic heterocycles. The third-order valence-electron chi connectivity index (χ3n) is 7.97. The summed E-state index contributed by atoms with van der Waals surface area (Å²) in [6, 6.07) is 11.3. The molecule has 1 saturated carbocycles. The number of rotatable bonds is 5. The van der Waals surface area contributed by atoms with Gasteiger partial charge >= 0.3 is 0 Å². The second kappa shape index (κ2) is 9.70. The molecule has 0 amide bonds. The summed E-state index contributed by atoms with van der Waals surface area (Å²) in [7, 11) is -1.92. The van der Waals surface area contributed by atoms with Crippen LogP contribution in [0.3, 0.4) is 0 Å². The van der Waals surface area contributed by atoms with Crippen LogP contribution in [-0.2, 0) is 21.8 Å². The number of nitrogens with zero attached hydrogens (tertiary/aromatic N) is 5. The highest BCUT2D eigenvalue weighted by molar-refractivity contribution is 7.90. The van der Waals surface area contributed by atoms with Gasteiger partial charge in [0.05, 0.1) is 23.8 Å². The maximum atomic E-state index is 13.6. The molecule has 3 aromatic heterocycles. The molecule has 0 spiro atoms. The lowest BCUT2D eigenvalue weighted by Crippen LogP contribution is -2.44. The van der Waals surface area contributed by atoms with Crippen molar-refractivity contribution in [3.05, 3.63) is 66.2 Å². The van der Waals surface area contributed by atoms with Crippen LogP contribution in [0.5, 0.6) is 0 Å². The quantitative estimate of drug-likeness (QED) is 0.390. The standard InChI is InChI=1S/C28H33N5O3S/c1-20-26(18-31(2)30-20)27-19-33(37(34,35)24-6-4-3-5-7-24)28-25(27)16-22(17-29-28)21-8-10-23(11-9-21)32-12-14-36-15-13-32/h3-7,16-19,21,23H,8-15H2,1-2H3/t21-,23-. The fourth-order valence-corrected chi connectivity index (χ4v) is 7.35. The highest BCUT2D eigenvalue weighted by Crippen LogP contribution is 2.39. The molecule has 0 atom stereocenters. The second-order valence-electron chi connectivity index (χ2n) is 10.3. The van der Waals surface area contributed by atoms with E-state index in [9.17, 15) is 8.42 Å². The predicted molar refractivity (Wildman–Crippen MR) is 143 cm³/mol. The van der Waals surface area contributed by atoms with Crippen molar-refractivity contribution in [2.75, 3.05) is 26.3 Å². The van der Waals surface area contributed by atoms with Crippen LogP contribution in [-0.4, -0.2) is 64.4 Å². The number of aryl methyl sites for hydroxylation is 2. The molecule has 1 saturated heterocycles. The zero-order valence-corrected chi connectivity index (χ0v) is 22.2. The minimum Gasteiger partial charge on any atom is -0.379 e. The van der Waals surface area contributed by atoms with Gasteiger partial charge in [0.2, 0.25) is 0 Å². The van der Waals surface area contributed by atoms with Crippen molar-refractivity contribution < 1.29 is 13.2 Å². The Morgan fingerprint density at radius 3 is 2.38 bits per heavy atom. The van der Waals surface area contributed by atoms with E-state index in [1.54, 1.807) is 35.1 Å². The van der Waals surface area contributed by atoms with Gasteiger partial charge in [-0.05, 0) is 62.3 Å². The fraction of sp³-hybridized carbons (Fsp3) is 0.429. The highest BCUT2D eigenvalue weighted by Gasteiger charge is 2.29. The van der Waals surface area contributed by atoms with Gasteiger partial charge in [0.1, 0.15) is 0 Å². The molecule has 2 fully saturated rings. The van der Waals surface area contributed by atoms with Crippen LogP contribution in [0.15, 0.2) is 59.9 Å². The summed E-state index contributed by atoms with van der Waals surface area (Å²) < 4.78 is 35.9. The monoisotopic (exact) mass is 519 g/mol. The number of fused-ring (bicyclic) bond motifs is 1. The Kier molecular flexibility index (Phi) is 6.38. The SMILES string of the molecule is Cc1nn(C)cc1-c1cn(S(=O)(=O)c2ccccc2)c2ncc([C@H]3CC[C@H](N4CCOCC4)CC3)cc12. The third kappa shape index (κ3) is 4.49. The van der Waals surface area contributed by atoms with Gasteiger partial charge in [-0.15, -0.1) is 0 Å². The molecular formula is C28H33N5O3S. The van der Waals surface area contributed by atoms with Gasteiger partial charge in [-0.1, -0.05) is 18.2 Å². The van der Waals surface area contributed by atoms with Gasteiger partial charge < -0.3 is 4.74 Å². The lowest BCUT2D eigenvalue weighted by atomic mass is 9.81. The number of pyridine rings is 1. The van der Waals surface area contributed by atoms with Gasteiger partial charge in [-0.25, -0.2) is 17.4 Å². The molecule has 8 nitrogen and oxygen atoms in total. The molecule has 1 aromatic carbocycles. The Labute approximate surface area is 217 Å². The third-order valence-corrected chi connectivity index (χ3v) is 9.63. The molecule has 0 unspecified atom stereocenters. The van der Waals surface area contributed by atoms with Gasteiger partial charge in [0, 0.05) is 61.3 Å². The van der Waals surface area contributed by atoms with Crippen LogP contribution in [0.4, 0.5) is 0 Å². The number of hydrogen-bond acceptors (Lipinski definition) is 6. The van der Waals surface area contributed by atoms with E-state index in [0.29, 0.717) is 17.6 Å². The molecule has 4 aromatic rings. The number of ether oxygens (including phenoxy) is 1. The largest absolute Gasteiger partial charge is 0.379 e. The molecule has 0 bridgehead atoms. The van der Waals surface area contributed by atoms with Crippen LogP contribution in [0.1, 0.15) is 42.9 Å². The van der Waals surface area contributed by atoms with Crippen molar-refractivity contribution >= 4 is 21.1 Å². The summed E-state index contributed by atoms with van der Waals surface area (Å²) in [6.07, 6.45) is 10.1. The molecule has 2 aliphatic rings. The molecule has 9 heteroatoms. The summed E-state index contributed by atoms with van der Waals surface area (Å²) in [6.45, 7) is 5.68. The minimum absolute atomic E-state index is 0.244. The number of hydrogen-bond donors (Lipinski definition) is 0. The lowest BCUT2D eigenvalue weighted by Gasteiger charge is -2.38. The van der Waals surface area contributed by atoms with Gasteiger partial charge in [-0.2, -0.15) is 5.10 Å². The van der Waals surface area contributed by atoms with Crippen molar-refractivity contribution in [1.82, 2.24) is 23.6 Å². The van der Waals surface area contributed by atoms with E-state index >= 15 is 0 Å². The number of benzene rings is 1. The summed E-state index contributed by atoms with van der Waals surface area (Å²) in [5, 5.41) is 5.36. The van der Waals surface area contributed by atoms with E-state index in [0.717, 1.165) is 61.4 Å². The van der Waals surface area contributed by atoms with Gasteiger partial charge in [0.15, 0.2) is 5.65 Å². The summed E-state index contributed by atoms with van der Waals surface area (Å²) in [5.41, 5.74) is 4.26.